The van der Waals surface area contributed by atoms with Crippen molar-refractivity contribution in [3.05, 3.63) is 6.42 Å². The van der Waals surface area contributed by atoms with Crippen LogP contribution in [0.25, 0.3) is 0 Å². The van der Waals surface area contributed by atoms with Crippen LogP contribution in [-0.4, -0.2) is 12.6 Å². The molecule has 1 saturated carbocycles. The van der Waals surface area contributed by atoms with E-state index in [0.29, 0.717) is 6.61 Å². The van der Waals surface area contributed by atoms with Crippen molar-refractivity contribution in [2.75, 3.05) is 6.61 Å². The average Bonchev–Trinajstić information content (AvgIpc) is 2.30. The Labute approximate surface area is 93.4 Å². The minimum Gasteiger partial charge on any atom is -0.465 e. The van der Waals surface area contributed by atoms with Crippen molar-refractivity contribution in [2.45, 2.75) is 58.3 Å². The largest absolute Gasteiger partial charge is 0.465 e. The molecule has 0 amide bonds. The number of hydrogen-bond donors (Lipinski definition) is 0. The number of ether oxygens (including phenoxy) is 1. The summed E-state index contributed by atoms with van der Waals surface area (Å²) in [5, 5.41) is 0. The Balaban J connectivity index is 2.02. The third-order valence-corrected chi connectivity index (χ3v) is 3.04. The Morgan fingerprint density at radius 1 is 1.33 bits per heavy atom. The molecule has 0 aromatic heterocycles. The molecular weight excluding hydrogens is 188 g/mol. The molecule has 0 heterocycles. The zero-order valence-electron chi connectivity index (χ0n) is 9.84. The minimum absolute atomic E-state index is 0.0300. The SMILES string of the molecule is CCCC[CH]COC(=O)C1CCCCC1. The average molecular weight is 211 g/mol. The molecule has 1 aliphatic rings. The molecule has 15 heavy (non-hydrogen) atoms. The first-order valence-electron chi connectivity index (χ1n) is 6.33. The Kier molecular flexibility index (Phi) is 6.45. The maximum Gasteiger partial charge on any atom is 0.308 e. The Morgan fingerprint density at radius 2 is 2.07 bits per heavy atom. The van der Waals surface area contributed by atoms with Crippen molar-refractivity contribution in [2.24, 2.45) is 5.92 Å². The van der Waals surface area contributed by atoms with Crippen molar-refractivity contribution in [3.8, 4) is 0 Å². The predicted molar refractivity (Wildman–Crippen MR) is 61.4 cm³/mol. The number of rotatable bonds is 6. The molecule has 1 aliphatic carbocycles. The van der Waals surface area contributed by atoms with Gasteiger partial charge in [0.1, 0.15) is 0 Å². The molecule has 1 fully saturated rings. The normalized spacial score (nSPS) is 17.7. The molecular formula is C13H23O2. The van der Waals surface area contributed by atoms with E-state index < -0.39 is 0 Å². The molecule has 0 aromatic rings. The maximum absolute atomic E-state index is 11.6. The van der Waals surface area contributed by atoms with E-state index in [4.69, 9.17) is 4.74 Å². The van der Waals surface area contributed by atoms with Crippen molar-refractivity contribution < 1.29 is 9.53 Å². The summed E-state index contributed by atoms with van der Waals surface area (Å²) in [5.74, 6) is 0.223. The van der Waals surface area contributed by atoms with Crippen LogP contribution in [0, 0.1) is 12.3 Å². The Morgan fingerprint density at radius 3 is 2.73 bits per heavy atom. The van der Waals surface area contributed by atoms with Gasteiger partial charge in [0.2, 0.25) is 0 Å². The second-order valence-electron chi connectivity index (χ2n) is 4.40. The number of unbranched alkanes of at least 4 members (excludes halogenated alkanes) is 3. The molecule has 2 nitrogen and oxygen atoms in total. The highest BCUT2D eigenvalue weighted by molar-refractivity contribution is 5.72. The topological polar surface area (TPSA) is 26.3 Å². The fourth-order valence-electron chi connectivity index (χ4n) is 2.03. The van der Waals surface area contributed by atoms with Crippen LogP contribution in [-0.2, 0) is 9.53 Å². The molecule has 0 spiro atoms. The van der Waals surface area contributed by atoms with E-state index in [9.17, 15) is 4.79 Å². The summed E-state index contributed by atoms with van der Waals surface area (Å²) in [4.78, 5) is 11.6. The zero-order chi connectivity index (χ0) is 10.9. The summed E-state index contributed by atoms with van der Waals surface area (Å²) in [7, 11) is 0. The lowest BCUT2D eigenvalue weighted by Gasteiger charge is -2.19. The summed E-state index contributed by atoms with van der Waals surface area (Å²) in [6.07, 6.45) is 11.3. The van der Waals surface area contributed by atoms with Crippen molar-refractivity contribution in [1.29, 1.82) is 0 Å². The number of esters is 1. The van der Waals surface area contributed by atoms with Gasteiger partial charge in [-0.05, 0) is 25.7 Å². The second kappa shape index (κ2) is 7.72. The highest BCUT2D eigenvalue weighted by atomic mass is 16.5. The van der Waals surface area contributed by atoms with Gasteiger partial charge in [-0.3, -0.25) is 4.79 Å². The maximum atomic E-state index is 11.6. The molecule has 87 valence electrons. The molecule has 2 heteroatoms. The van der Waals surface area contributed by atoms with E-state index in [-0.39, 0.29) is 11.9 Å². The Hall–Kier alpha value is -0.530. The fraction of sp³-hybridized carbons (Fsp3) is 0.846. The number of carbonyl (C=O) groups is 1. The molecule has 0 bridgehead atoms. The smallest absolute Gasteiger partial charge is 0.308 e. The first kappa shape index (κ1) is 12.5. The summed E-state index contributed by atoms with van der Waals surface area (Å²) in [5.41, 5.74) is 0. The van der Waals surface area contributed by atoms with Crippen LogP contribution in [0.2, 0.25) is 0 Å². The number of carbonyl (C=O) groups excluding carboxylic acids is 1. The van der Waals surface area contributed by atoms with E-state index in [0.717, 1.165) is 19.3 Å². The lowest BCUT2D eigenvalue weighted by atomic mass is 9.89. The van der Waals surface area contributed by atoms with Crippen molar-refractivity contribution in [1.82, 2.24) is 0 Å². The first-order chi connectivity index (χ1) is 7.34. The molecule has 0 atom stereocenters. The number of hydrogen-bond acceptors (Lipinski definition) is 2. The van der Waals surface area contributed by atoms with Gasteiger partial charge < -0.3 is 4.74 Å². The van der Waals surface area contributed by atoms with Gasteiger partial charge in [0, 0.05) is 0 Å². The van der Waals surface area contributed by atoms with Crippen molar-refractivity contribution >= 4 is 5.97 Å². The lowest BCUT2D eigenvalue weighted by molar-refractivity contribution is -0.148. The summed E-state index contributed by atoms with van der Waals surface area (Å²) in [6.45, 7) is 2.68. The van der Waals surface area contributed by atoms with Crippen molar-refractivity contribution in [3.63, 3.8) is 0 Å². The van der Waals surface area contributed by atoms with Gasteiger partial charge in [-0.25, -0.2) is 0 Å². The van der Waals surface area contributed by atoms with Gasteiger partial charge in [-0.2, -0.15) is 0 Å². The van der Waals surface area contributed by atoms with Gasteiger partial charge in [0.05, 0.1) is 12.5 Å². The second-order valence-corrected chi connectivity index (χ2v) is 4.40. The summed E-state index contributed by atoms with van der Waals surface area (Å²) < 4.78 is 5.23. The van der Waals surface area contributed by atoms with E-state index in [1.165, 1.54) is 32.1 Å². The zero-order valence-corrected chi connectivity index (χ0v) is 9.84. The van der Waals surface area contributed by atoms with E-state index >= 15 is 0 Å². The first-order valence-corrected chi connectivity index (χ1v) is 6.33. The minimum atomic E-state index is 0.0300. The van der Waals surface area contributed by atoms with Gasteiger partial charge >= 0.3 is 5.97 Å². The van der Waals surface area contributed by atoms with Crippen LogP contribution in [0.4, 0.5) is 0 Å². The molecule has 0 aliphatic heterocycles. The van der Waals surface area contributed by atoms with E-state index in [1.807, 2.05) is 0 Å². The third kappa shape index (κ3) is 5.19. The van der Waals surface area contributed by atoms with Gasteiger partial charge in [-0.15, -0.1) is 0 Å². The molecule has 0 saturated heterocycles. The van der Waals surface area contributed by atoms with Gasteiger partial charge in [0.15, 0.2) is 0 Å². The quantitative estimate of drug-likeness (QED) is 0.496. The van der Waals surface area contributed by atoms with Crippen LogP contribution >= 0.6 is 0 Å². The highest BCUT2D eigenvalue weighted by Crippen LogP contribution is 2.24. The van der Waals surface area contributed by atoms with E-state index in [2.05, 4.69) is 13.3 Å². The highest BCUT2D eigenvalue weighted by Gasteiger charge is 2.21. The third-order valence-electron chi connectivity index (χ3n) is 3.04. The van der Waals surface area contributed by atoms with Gasteiger partial charge in [0.25, 0.3) is 0 Å². The molecule has 0 aromatic carbocycles. The van der Waals surface area contributed by atoms with E-state index in [1.54, 1.807) is 0 Å². The molecule has 1 rings (SSSR count). The van der Waals surface area contributed by atoms with Crippen LogP contribution in [0.15, 0.2) is 0 Å². The molecule has 0 unspecified atom stereocenters. The Bertz CT molecular complexity index is 171. The monoisotopic (exact) mass is 211 g/mol. The van der Waals surface area contributed by atoms with Gasteiger partial charge in [-0.1, -0.05) is 39.0 Å². The van der Waals surface area contributed by atoms with Crippen LogP contribution in [0.3, 0.4) is 0 Å². The molecule has 1 radical (unpaired) electrons. The summed E-state index contributed by atoms with van der Waals surface area (Å²) >= 11 is 0. The fourth-order valence-corrected chi connectivity index (χ4v) is 2.03. The van der Waals surface area contributed by atoms with Crippen LogP contribution in [0.5, 0.6) is 0 Å². The predicted octanol–water partition coefficient (Wildman–Crippen LogP) is 3.50. The van der Waals surface area contributed by atoms with Crippen LogP contribution < -0.4 is 0 Å². The summed E-state index contributed by atoms with van der Waals surface area (Å²) in [6, 6.07) is 0. The van der Waals surface area contributed by atoms with Crippen LogP contribution in [0.1, 0.15) is 58.3 Å². The lowest BCUT2D eigenvalue weighted by Crippen LogP contribution is -2.20. The molecule has 0 N–H and O–H groups in total. The standard InChI is InChI=1S/C13H23O2/c1-2-3-4-8-11-15-13(14)12-9-6-5-7-10-12/h8,12H,2-7,9-11H2,1H3.